The Morgan fingerprint density at radius 1 is 1.00 bits per heavy atom. The second kappa shape index (κ2) is 9.34. The minimum Gasteiger partial charge on any atom is -0.497 e. The van der Waals surface area contributed by atoms with Crippen molar-refractivity contribution < 1.29 is 13.9 Å². The Bertz CT molecular complexity index is 1210. The first-order chi connectivity index (χ1) is 16.8. The van der Waals surface area contributed by atoms with Gasteiger partial charge in [0, 0.05) is 29.9 Å². The fraction of sp³-hybridized carbons (Fsp3) is 0.345. The molecular formula is C29H32FN3O2. The maximum atomic E-state index is 14.3. The number of urea groups is 1. The summed E-state index contributed by atoms with van der Waals surface area (Å²) in [5.74, 6) is 0.481. The molecule has 2 aliphatic rings. The lowest BCUT2D eigenvalue weighted by atomic mass is 9.74. The largest absolute Gasteiger partial charge is 0.497 e. The molecule has 0 aromatic heterocycles. The van der Waals surface area contributed by atoms with E-state index in [1.165, 1.54) is 22.8 Å². The third kappa shape index (κ3) is 4.76. The predicted octanol–water partition coefficient (Wildman–Crippen LogP) is 6.04. The molecule has 3 aromatic carbocycles. The van der Waals surface area contributed by atoms with Crippen molar-refractivity contribution in [1.82, 2.24) is 4.90 Å². The fourth-order valence-electron chi connectivity index (χ4n) is 5.67. The van der Waals surface area contributed by atoms with Crippen LogP contribution < -0.4 is 15.0 Å². The molecule has 2 aliphatic heterocycles. The van der Waals surface area contributed by atoms with Gasteiger partial charge in [0.25, 0.3) is 0 Å². The molecule has 0 atom stereocenters. The first kappa shape index (κ1) is 23.4. The number of rotatable bonds is 4. The van der Waals surface area contributed by atoms with E-state index in [9.17, 15) is 9.18 Å². The summed E-state index contributed by atoms with van der Waals surface area (Å²) in [5, 5.41) is 2.99. The summed E-state index contributed by atoms with van der Waals surface area (Å²) in [5.41, 5.74) is 6.13. The maximum Gasteiger partial charge on any atom is 0.326 e. The molecule has 0 unspecified atom stereocenters. The van der Waals surface area contributed by atoms with Crippen molar-refractivity contribution in [3.8, 4) is 5.75 Å². The Kier molecular flexibility index (Phi) is 6.24. The number of fused-ring (bicyclic) bond motifs is 2. The maximum absolute atomic E-state index is 14.3. The Morgan fingerprint density at radius 2 is 1.69 bits per heavy atom. The summed E-state index contributed by atoms with van der Waals surface area (Å²) >= 11 is 0. The number of hydrogen-bond donors (Lipinski definition) is 1. The number of methoxy groups -OCH3 is 1. The van der Waals surface area contributed by atoms with E-state index in [0.29, 0.717) is 12.2 Å². The molecule has 2 amide bonds. The number of carbonyl (C=O) groups is 1. The van der Waals surface area contributed by atoms with Gasteiger partial charge in [-0.15, -0.1) is 0 Å². The number of carbonyl (C=O) groups excluding carboxylic acids is 1. The zero-order chi connectivity index (χ0) is 24.6. The molecule has 1 saturated heterocycles. The van der Waals surface area contributed by atoms with E-state index in [2.05, 4.69) is 42.3 Å². The van der Waals surface area contributed by atoms with Gasteiger partial charge in [-0.3, -0.25) is 9.80 Å². The van der Waals surface area contributed by atoms with Crippen LogP contribution in [-0.4, -0.2) is 37.7 Å². The standard InChI is InChI=1S/C29H32FN3O2/c1-20-14-21(2)16-22(15-20)18-32-12-10-29(11-13-32)19-33(27-9-4-23(30)17-26(27)29)28(34)31-24-5-7-25(35-3)8-6-24/h4-9,14-17H,10-13,18-19H2,1-3H3,(H,31,34). The summed E-state index contributed by atoms with van der Waals surface area (Å²) < 4.78 is 19.5. The molecule has 0 bridgehead atoms. The van der Waals surface area contributed by atoms with E-state index in [4.69, 9.17) is 4.74 Å². The molecular weight excluding hydrogens is 441 g/mol. The number of ether oxygens (including phenoxy) is 1. The number of hydrogen-bond acceptors (Lipinski definition) is 3. The zero-order valence-electron chi connectivity index (χ0n) is 20.6. The van der Waals surface area contributed by atoms with Crippen LogP contribution in [-0.2, 0) is 12.0 Å². The topological polar surface area (TPSA) is 44.8 Å². The molecule has 35 heavy (non-hydrogen) atoms. The fourth-order valence-corrected chi connectivity index (χ4v) is 5.67. The van der Waals surface area contributed by atoms with Crippen molar-refractivity contribution in [2.45, 2.75) is 38.6 Å². The van der Waals surface area contributed by atoms with Crippen molar-refractivity contribution in [3.63, 3.8) is 0 Å². The zero-order valence-corrected chi connectivity index (χ0v) is 20.6. The van der Waals surface area contributed by atoms with E-state index in [-0.39, 0.29) is 17.3 Å². The first-order valence-electron chi connectivity index (χ1n) is 12.2. The molecule has 5 nitrogen and oxygen atoms in total. The van der Waals surface area contributed by atoms with Crippen LogP contribution in [0.2, 0.25) is 0 Å². The molecule has 0 aliphatic carbocycles. The van der Waals surface area contributed by atoms with Crippen LogP contribution in [0.25, 0.3) is 0 Å². The second-order valence-corrected chi connectivity index (χ2v) is 9.96. The first-order valence-corrected chi connectivity index (χ1v) is 12.2. The van der Waals surface area contributed by atoms with Crippen molar-refractivity contribution >= 4 is 17.4 Å². The lowest BCUT2D eigenvalue weighted by Crippen LogP contribution is -2.46. The molecule has 1 spiro atoms. The number of nitrogens with one attached hydrogen (secondary N) is 1. The van der Waals surface area contributed by atoms with Gasteiger partial charge in [0.15, 0.2) is 0 Å². The lowest BCUT2D eigenvalue weighted by molar-refractivity contribution is 0.160. The van der Waals surface area contributed by atoms with Gasteiger partial charge in [-0.2, -0.15) is 0 Å². The molecule has 3 aromatic rings. The van der Waals surface area contributed by atoms with Gasteiger partial charge in [-0.1, -0.05) is 29.3 Å². The number of benzene rings is 3. The number of anilines is 2. The normalized spacial score (nSPS) is 16.9. The highest BCUT2D eigenvalue weighted by Gasteiger charge is 2.46. The lowest BCUT2D eigenvalue weighted by Gasteiger charge is -2.40. The van der Waals surface area contributed by atoms with Gasteiger partial charge < -0.3 is 10.1 Å². The number of halogens is 1. The number of piperidine rings is 1. The van der Waals surface area contributed by atoms with Crippen molar-refractivity contribution in [2.75, 3.05) is 37.0 Å². The molecule has 6 heteroatoms. The van der Waals surface area contributed by atoms with Crippen LogP contribution in [0.1, 0.15) is 35.1 Å². The quantitative estimate of drug-likeness (QED) is 0.503. The molecule has 0 radical (unpaired) electrons. The molecule has 2 heterocycles. The minimum atomic E-state index is -0.252. The Morgan fingerprint density at radius 3 is 2.34 bits per heavy atom. The van der Waals surface area contributed by atoms with Crippen LogP contribution in [0.4, 0.5) is 20.6 Å². The third-order valence-corrected chi connectivity index (χ3v) is 7.37. The number of amides is 2. The average Bonchev–Trinajstić information content (AvgIpc) is 3.14. The van der Waals surface area contributed by atoms with Crippen molar-refractivity contribution in [2.24, 2.45) is 0 Å². The van der Waals surface area contributed by atoms with Gasteiger partial charge in [-0.05, 0) is 93.4 Å². The van der Waals surface area contributed by atoms with E-state index in [0.717, 1.165) is 49.5 Å². The number of likely N-dealkylation sites (tertiary alicyclic amines) is 1. The van der Waals surface area contributed by atoms with Gasteiger partial charge in [-0.25, -0.2) is 9.18 Å². The number of nitrogens with zero attached hydrogens (tertiary/aromatic N) is 2. The SMILES string of the molecule is COc1ccc(NC(=O)N2CC3(CCN(Cc4cc(C)cc(C)c4)CC3)c3cc(F)ccc32)cc1. The van der Waals surface area contributed by atoms with Gasteiger partial charge in [0.1, 0.15) is 11.6 Å². The Hall–Kier alpha value is -3.38. The highest BCUT2D eigenvalue weighted by molar-refractivity contribution is 6.03. The van der Waals surface area contributed by atoms with Crippen LogP contribution in [0.5, 0.6) is 5.75 Å². The molecule has 5 rings (SSSR count). The highest BCUT2D eigenvalue weighted by atomic mass is 19.1. The van der Waals surface area contributed by atoms with Crippen molar-refractivity contribution in [1.29, 1.82) is 0 Å². The van der Waals surface area contributed by atoms with Crippen LogP contribution in [0, 0.1) is 19.7 Å². The summed E-state index contributed by atoms with van der Waals surface area (Å²) in [6, 6.07) is 18.6. The number of aryl methyl sites for hydroxylation is 2. The average molecular weight is 474 g/mol. The van der Waals surface area contributed by atoms with Gasteiger partial charge in [0.05, 0.1) is 7.11 Å². The predicted molar refractivity (Wildman–Crippen MR) is 138 cm³/mol. The minimum absolute atomic E-state index is 0.197. The molecule has 1 fully saturated rings. The van der Waals surface area contributed by atoms with Crippen LogP contribution >= 0.6 is 0 Å². The van der Waals surface area contributed by atoms with Gasteiger partial charge >= 0.3 is 6.03 Å². The van der Waals surface area contributed by atoms with Gasteiger partial charge in [0.2, 0.25) is 0 Å². The van der Waals surface area contributed by atoms with Crippen LogP contribution in [0.15, 0.2) is 60.7 Å². The monoisotopic (exact) mass is 473 g/mol. The van der Waals surface area contributed by atoms with Crippen molar-refractivity contribution in [3.05, 3.63) is 88.7 Å². The molecule has 1 N–H and O–H groups in total. The van der Waals surface area contributed by atoms with E-state index in [1.807, 2.05) is 24.3 Å². The highest BCUT2D eigenvalue weighted by Crippen LogP contribution is 2.47. The summed E-state index contributed by atoms with van der Waals surface area (Å²) in [6.45, 7) is 7.57. The van der Waals surface area contributed by atoms with E-state index < -0.39 is 0 Å². The molecule has 182 valence electrons. The van der Waals surface area contributed by atoms with E-state index in [1.54, 1.807) is 24.1 Å². The molecule has 0 saturated carbocycles. The smallest absolute Gasteiger partial charge is 0.326 e. The van der Waals surface area contributed by atoms with E-state index >= 15 is 0 Å². The Labute approximate surface area is 206 Å². The second-order valence-electron chi connectivity index (χ2n) is 9.96. The van der Waals surface area contributed by atoms with Crippen LogP contribution in [0.3, 0.4) is 0 Å². The summed E-state index contributed by atoms with van der Waals surface area (Å²) in [6.07, 6.45) is 1.78. The third-order valence-electron chi connectivity index (χ3n) is 7.37. The summed E-state index contributed by atoms with van der Waals surface area (Å²) in [4.78, 5) is 17.5. The summed E-state index contributed by atoms with van der Waals surface area (Å²) in [7, 11) is 1.61. The Balaban J connectivity index is 1.33.